The molecule has 0 rings (SSSR count). The number of unbranched alkanes of at least 4 members (excludes halogenated alkanes) is 15. The maximum atomic E-state index is 2.99. The zero-order chi connectivity index (χ0) is 18.8. The van der Waals surface area contributed by atoms with Crippen molar-refractivity contribution in [3.05, 3.63) is 0 Å². The average molecular weight is 389 g/mol. The highest BCUT2D eigenvalue weighted by Crippen LogP contribution is 2.38. The van der Waals surface area contributed by atoms with Crippen molar-refractivity contribution in [2.24, 2.45) is 0 Å². The van der Waals surface area contributed by atoms with Gasteiger partial charge in [0.15, 0.2) is 0 Å². The van der Waals surface area contributed by atoms with E-state index in [9.17, 15) is 0 Å². The van der Waals surface area contributed by atoms with Gasteiger partial charge >= 0.3 is 0 Å². The SMILES string of the molecule is CCCCCCCCCCCCCCCCCCPC(C)(C)C(C)P. The molecule has 0 aliphatic heterocycles. The largest absolute Gasteiger partial charge is 0.134 e. The van der Waals surface area contributed by atoms with Crippen LogP contribution in [0, 0.1) is 0 Å². The summed E-state index contributed by atoms with van der Waals surface area (Å²) in [6, 6.07) is 0. The summed E-state index contributed by atoms with van der Waals surface area (Å²) in [5.74, 6) is 0. The average Bonchev–Trinajstić information content (AvgIpc) is 2.57. The molecule has 0 amide bonds. The van der Waals surface area contributed by atoms with Crippen molar-refractivity contribution < 1.29 is 0 Å². The quantitative estimate of drug-likeness (QED) is 0.153. The molecule has 0 bridgehead atoms. The smallest absolute Gasteiger partial charge is 0.0118 e. The lowest BCUT2D eigenvalue weighted by Gasteiger charge is -2.29. The molecule has 0 radical (unpaired) electrons. The Balaban J connectivity index is 3.12. The summed E-state index contributed by atoms with van der Waals surface area (Å²) in [5.41, 5.74) is 0.742. The third-order valence-electron chi connectivity index (χ3n) is 5.75. The lowest BCUT2D eigenvalue weighted by Crippen LogP contribution is -2.23. The predicted molar refractivity (Wildman–Crippen MR) is 126 cm³/mol. The molecule has 3 atom stereocenters. The van der Waals surface area contributed by atoms with Crippen LogP contribution in [0.4, 0.5) is 0 Å². The number of rotatable bonds is 19. The molecule has 0 aromatic rings. The normalized spacial score (nSPS) is 13.8. The van der Waals surface area contributed by atoms with Gasteiger partial charge in [-0.3, -0.25) is 0 Å². The molecule has 0 spiro atoms. The van der Waals surface area contributed by atoms with Crippen molar-refractivity contribution >= 4 is 17.8 Å². The van der Waals surface area contributed by atoms with E-state index >= 15 is 0 Å². The summed E-state index contributed by atoms with van der Waals surface area (Å²) < 4.78 is 0. The van der Waals surface area contributed by atoms with Crippen LogP contribution in [-0.4, -0.2) is 17.0 Å². The van der Waals surface area contributed by atoms with Gasteiger partial charge in [-0.15, -0.1) is 17.8 Å². The van der Waals surface area contributed by atoms with Gasteiger partial charge in [-0.2, -0.15) is 0 Å². The topological polar surface area (TPSA) is 0 Å². The number of hydrogen-bond acceptors (Lipinski definition) is 0. The van der Waals surface area contributed by atoms with E-state index in [0.717, 1.165) is 14.2 Å². The molecular weight excluding hydrogens is 338 g/mol. The highest BCUT2D eigenvalue weighted by atomic mass is 31.1. The van der Waals surface area contributed by atoms with Gasteiger partial charge in [0.2, 0.25) is 0 Å². The van der Waals surface area contributed by atoms with Gasteiger partial charge in [-0.25, -0.2) is 0 Å². The fourth-order valence-corrected chi connectivity index (χ4v) is 4.99. The summed E-state index contributed by atoms with van der Waals surface area (Å²) in [6.45, 7) is 9.49. The standard InChI is InChI=1S/C23H50P2/c1-5-6-7-8-9-10-11-12-13-14-15-16-17-18-19-20-21-25-23(3,4)22(2)24/h22,25H,5-21,24H2,1-4H3. The Hall–Kier alpha value is 0.860. The van der Waals surface area contributed by atoms with E-state index in [1.54, 1.807) is 0 Å². The molecule has 0 aromatic carbocycles. The van der Waals surface area contributed by atoms with Crippen LogP contribution in [0.1, 0.15) is 130 Å². The van der Waals surface area contributed by atoms with E-state index in [0.29, 0.717) is 5.16 Å². The van der Waals surface area contributed by atoms with E-state index in [1.165, 1.54) is 109 Å². The van der Waals surface area contributed by atoms with Crippen LogP contribution in [0.5, 0.6) is 0 Å². The first-order valence-corrected chi connectivity index (χ1v) is 13.4. The summed E-state index contributed by atoms with van der Waals surface area (Å²) >= 11 is 0. The molecule has 0 nitrogen and oxygen atoms in total. The molecule has 152 valence electrons. The first-order valence-electron chi connectivity index (χ1n) is 11.5. The molecule has 0 aromatic heterocycles. The Morgan fingerprint density at radius 2 is 0.960 bits per heavy atom. The van der Waals surface area contributed by atoms with Gasteiger partial charge in [0.05, 0.1) is 0 Å². The highest BCUT2D eigenvalue weighted by molar-refractivity contribution is 7.41. The van der Waals surface area contributed by atoms with Crippen molar-refractivity contribution in [1.29, 1.82) is 0 Å². The van der Waals surface area contributed by atoms with Crippen molar-refractivity contribution in [2.45, 2.75) is 141 Å². The lowest BCUT2D eigenvalue weighted by atomic mass is 10.0. The van der Waals surface area contributed by atoms with Gasteiger partial charge in [-0.05, 0) is 23.4 Å². The Bertz CT molecular complexity index is 261. The molecule has 25 heavy (non-hydrogen) atoms. The molecule has 0 fully saturated rings. The third-order valence-corrected chi connectivity index (χ3v) is 8.89. The van der Waals surface area contributed by atoms with Crippen LogP contribution < -0.4 is 0 Å². The fraction of sp³-hybridized carbons (Fsp3) is 1.00. The molecule has 0 saturated heterocycles. The van der Waals surface area contributed by atoms with E-state index in [-0.39, 0.29) is 0 Å². The van der Waals surface area contributed by atoms with E-state index in [4.69, 9.17) is 0 Å². The van der Waals surface area contributed by atoms with Gasteiger partial charge < -0.3 is 0 Å². The molecule has 0 aliphatic rings. The van der Waals surface area contributed by atoms with E-state index < -0.39 is 0 Å². The molecule has 3 unspecified atom stereocenters. The maximum Gasteiger partial charge on any atom is -0.0118 e. The molecule has 0 aliphatic carbocycles. The Labute approximate surface area is 165 Å². The number of hydrogen-bond donors (Lipinski definition) is 0. The highest BCUT2D eigenvalue weighted by Gasteiger charge is 2.21. The monoisotopic (exact) mass is 388 g/mol. The van der Waals surface area contributed by atoms with Crippen molar-refractivity contribution in [3.63, 3.8) is 0 Å². The Kier molecular flexibility index (Phi) is 18.9. The third kappa shape index (κ3) is 18.0. The van der Waals surface area contributed by atoms with Gasteiger partial charge in [0.1, 0.15) is 0 Å². The lowest BCUT2D eigenvalue weighted by molar-refractivity contribution is 0.531. The Morgan fingerprint density at radius 1 is 0.640 bits per heavy atom. The van der Waals surface area contributed by atoms with Crippen LogP contribution in [0.2, 0.25) is 0 Å². The summed E-state index contributed by atoms with van der Waals surface area (Å²) in [7, 11) is 4.12. The first-order chi connectivity index (χ1) is 12.0. The van der Waals surface area contributed by atoms with Crippen molar-refractivity contribution in [2.75, 3.05) is 6.16 Å². The summed E-state index contributed by atoms with van der Waals surface area (Å²) in [6.07, 6.45) is 24.9. The maximum absolute atomic E-state index is 2.99. The second-order valence-electron chi connectivity index (χ2n) is 8.74. The fourth-order valence-electron chi connectivity index (χ4n) is 3.24. The first kappa shape index (κ1) is 25.9. The van der Waals surface area contributed by atoms with Crippen LogP contribution in [0.25, 0.3) is 0 Å². The molecule has 2 heteroatoms. The van der Waals surface area contributed by atoms with Crippen LogP contribution in [0.15, 0.2) is 0 Å². The van der Waals surface area contributed by atoms with Crippen LogP contribution in [0.3, 0.4) is 0 Å². The summed E-state index contributed by atoms with van der Waals surface area (Å²) in [5, 5.41) is 0.528. The van der Waals surface area contributed by atoms with Gasteiger partial charge in [0.25, 0.3) is 0 Å². The Morgan fingerprint density at radius 3 is 1.28 bits per heavy atom. The van der Waals surface area contributed by atoms with Gasteiger partial charge in [-0.1, -0.05) is 124 Å². The van der Waals surface area contributed by atoms with Crippen LogP contribution in [-0.2, 0) is 0 Å². The molecule has 0 N–H and O–H groups in total. The molecule has 0 saturated carbocycles. The zero-order valence-corrected chi connectivity index (χ0v) is 20.3. The van der Waals surface area contributed by atoms with Crippen LogP contribution >= 0.6 is 17.8 Å². The zero-order valence-electron chi connectivity index (χ0n) is 18.2. The van der Waals surface area contributed by atoms with E-state index in [1.807, 2.05) is 0 Å². The van der Waals surface area contributed by atoms with E-state index in [2.05, 4.69) is 36.9 Å². The minimum Gasteiger partial charge on any atom is -0.134 e. The predicted octanol–water partition coefficient (Wildman–Crippen LogP) is 8.97. The van der Waals surface area contributed by atoms with Crippen molar-refractivity contribution in [1.82, 2.24) is 0 Å². The second kappa shape index (κ2) is 18.2. The molecule has 0 heterocycles. The minimum atomic E-state index is 0.528. The van der Waals surface area contributed by atoms with Crippen molar-refractivity contribution in [3.8, 4) is 0 Å². The van der Waals surface area contributed by atoms with Gasteiger partial charge in [0, 0.05) is 0 Å². The molecular formula is C23H50P2. The summed E-state index contributed by atoms with van der Waals surface area (Å²) in [4.78, 5) is 0. The second-order valence-corrected chi connectivity index (χ2v) is 11.9. The minimum absolute atomic E-state index is 0.528.